The number of carbonyl (C=O) groups excluding carboxylic acids is 2. The summed E-state index contributed by atoms with van der Waals surface area (Å²) < 4.78 is 0. The second-order valence-electron chi connectivity index (χ2n) is 8.92. The van der Waals surface area contributed by atoms with Crippen LogP contribution < -0.4 is 5.32 Å². The molecule has 4 fully saturated rings. The van der Waals surface area contributed by atoms with E-state index in [-0.39, 0.29) is 5.91 Å². The van der Waals surface area contributed by atoms with Crippen LogP contribution in [0.2, 0.25) is 0 Å². The Morgan fingerprint density at radius 2 is 1.64 bits per heavy atom. The lowest BCUT2D eigenvalue weighted by Crippen LogP contribution is -2.52. The summed E-state index contributed by atoms with van der Waals surface area (Å²) >= 11 is 0. The van der Waals surface area contributed by atoms with E-state index in [0.29, 0.717) is 36.2 Å². The normalized spacial score (nSPS) is 38.3. The molecule has 4 atom stereocenters. The molecule has 0 aromatic rings. The Morgan fingerprint density at radius 1 is 0.960 bits per heavy atom. The second-order valence-corrected chi connectivity index (χ2v) is 8.92. The van der Waals surface area contributed by atoms with Gasteiger partial charge >= 0.3 is 0 Å². The predicted molar refractivity (Wildman–Crippen MR) is 96.9 cm³/mol. The van der Waals surface area contributed by atoms with Crippen molar-refractivity contribution < 1.29 is 9.59 Å². The molecule has 0 aromatic carbocycles. The average molecular weight is 348 g/mol. The van der Waals surface area contributed by atoms with E-state index in [4.69, 9.17) is 0 Å². The van der Waals surface area contributed by atoms with Gasteiger partial charge in [0.05, 0.1) is 6.54 Å². The molecule has 0 unspecified atom stereocenters. The number of fused-ring (bicyclic) bond motifs is 1. The Hall–Kier alpha value is -1.10. The molecular weight excluding hydrogens is 314 g/mol. The maximum Gasteiger partial charge on any atom is 0.234 e. The summed E-state index contributed by atoms with van der Waals surface area (Å²) in [6.07, 6.45) is 8.63. The van der Waals surface area contributed by atoms with E-state index in [0.717, 1.165) is 44.9 Å². The second kappa shape index (κ2) is 7.26. The van der Waals surface area contributed by atoms with Crippen molar-refractivity contribution in [2.45, 2.75) is 57.9 Å². The van der Waals surface area contributed by atoms with E-state index in [1.165, 1.54) is 32.1 Å². The van der Waals surface area contributed by atoms with Crippen molar-refractivity contribution in [3.8, 4) is 0 Å². The smallest absolute Gasteiger partial charge is 0.234 e. The first-order valence-electron chi connectivity index (χ1n) is 10.4. The highest BCUT2D eigenvalue weighted by Crippen LogP contribution is 2.58. The Kier molecular flexibility index (Phi) is 5.03. The molecule has 0 spiro atoms. The van der Waals surface area contributed by atoms with Crippen LogP contribution in [0.5, 0.6) is 0 Å². The van der Waals surface area contributed by atoms with Gasteiger partial charge in [-0.1, -0.05) is 26.2 Å². The Labute approximate surface area is 151 Å². The van der Waals surface area contributed by atoms with Crippen LogP contribution >= 0.6 is 0 Å². The summed E-state index contributed by atoms with van der Waals surface area (Å²) in [5, 5.41) is 3.22. The third-order valence-electron chi connectivity index (χ3n) is 7.04. The summed E-state index contributed by atoms with van der Waals surface area (Å²) in [5.74, 6) is 3.04. The van der Waals surface area contributed by atoms with Crippen LogP contribution in [0, 0.1) is 23.7 Å². The highest BCUT2D eigenvalue weighted by molar-refractivity contribution is 5.83. The molecular formula is C20H33N3O2. The molecule has 4 aliphatic rings. The minimum absolute atomic E-state index is 0.163. The van der Waals surface area contributed by atoms with E-state index in [2.05, 4.69) is 22.0 Å². The van der Waals surface area contributed by atoms with Crippen LogP contribution in [0.3, 0.4) is 0 Å². The third-order valence-corrected chi connectivity index (χ3v) is 7.04. The molecule has 2 amide bonds. The lowest BCUT2D eigenvalue weighted by Gasteiger charge is -2.35. The van der Waals surface area contributed by atoms with Crippen molar-refractivity contribution in [1.82, 2.24) is 15.1 Å². The Balaban J connectivity index is 1.17. The largest absolute Gasteiger partial charge is 0.352 e. The maximum absolute atomic E-state index is 12.6. The van der Waals surface area contributed by atoms with Crippen molar-refractivity contribution in [3.63, 3.8) is 0 Å². The van der Waals surface area contributed by atoms with Gasteiger partial charge in [0.2, 0.25) is 11.8 Å². The van der Waals surface area contributed by atoms with Crippen molar-refractivity contribution in [2.24, 2.45) is 23.7 Å². The summed E-state index contributed by atoms with van der Waals surface area (Å²) in [7, 11) is 0. The van der Waals surface area contributed by atoms with Crippen molar-refractivity contribution in [3.05, 3.63) is 0 Å². The molecule has 0 aromatic heterocycles. The lowest BCUT2D eigenvalue weighted by atomic mass is 9.87. The van der Waals surface area contributed by atoms with Crippen LogP contribution in [0.15, 0.2) is 0 Å². The first-order valence-corrected chi connectivity index (χ1v) is 10.4. The molecule has 0 bridgehead atoms. The predicted octanol–water partition coefficient (Wildman–Crippen LogP) is 1.87. The standard InChI is InChI=1S/C20H33N3O2/c1-14-4-2-5-15(12-14)21-18(24)13-22-8-10-23(11-9-22)20(25)19-16-6-3-7-17(16)19/h14-17,19H,2-13H2,1H3,(H,21,24)/t14-,15-,16+,17+/m1/s1. The van der Waals surface area contributed by atoms with E-state index in [9.17, 15) is 9.59 Å². The van der Waals surface area contributed by atoms with Gasteiger partial charge in [0.25, 0.3) is 0 Å². The fourth-order valence-electron chi connectivity index (χ4n) is 5.57. The van der Waals surface area contributed by atoms with Gasteiger partial charge in [-0.3, -0.25) is 14.5 Å². The molecule has 0 radical (unpaired) electrons. The molecule has 25 heavy (non-hydrogen) atoms. The van der Waals surface area contributed by atoms with Crippen molar-refractivity contribution >= 4 is 11.8 Å². The Bertz CT molecular complexity index is 505. The Morgan fingerprint density at radius 3 is 2.32 bits per heavy atom. The molecule has 3 saturated carbocycles. The van der Waals surface area contributed by atoms with E-state index in [1.54, 1.807) is 0 Å². The van der Waals surface area contributed by atoms with Gasteiger partial charge in [-0.05, 0) is 43.4 Å². The van der Waals surface area contributed by atoms with Gasteiger partial charge < -0.3 is 10.2 Å². The number of nitrogens with one attached hydrogen (secondary N) is 1. The number of nitrogens with zero attached hydrogens (tertiary/aromatic N) is 2. The van der Waals surface area contributed by atoms with Gasteiger partial charge in [0, 0.05) is 38.1 Å². The van der Waals surface area contributed by atoms with Crippen molar-refractivity contribution in [1.29, 1.82) is 0 Å². The number of piperazine rings is 1. The minimum atomic E-state index is 0.163. The molecule has 5 nitrogen and oxygen atoms in total. The van der Waals surface area contributed by atoms with Crippen LogP contribution in [0.1, 0.15) is 51.9 Å². The lowest BCUT2D eigenvalue weighted by molar-refractivity contribution is -0.135. The zero-order valence-corrected chi connectivity index (χ0v) is 15.6. The zero-order valence-electron chi connectivity index (χ0n) is 15.6. The zero-order chi connectivity index (χ0) is 17.4. The first kappa shape index (κ1) is 17.3. The fraction of sp³-hybridized carbons (Fsp3) is 0.900. The molecule has 3 aliphatic carbocycles. The fourth-order valence-corrected chi connectivity index (χ4v) is 5.57. The minimum Gasteiger partial charge on any atom is -0.352 e. The quantitative estimate of drug-likeness (QED) is 0.845. The molecule has 1 N–H and O–H groups in total. The van der Waals surface area contributed by atoms with E-state index < -0.39 is 0 Å². The van der Waals surface area contributed by atoms with Crippen molar-refractivity contribution in [2.75, 3.05) is 32.7 Å². The molecule has 1 saturated heterocycles. The number of hydrogen-bond acceptors (Lipinski definition) is 3. The van der Waals surface area contributed by atoms with Gasteiger partial charge in [0.15, 0.2) is 0 Å². The molecule has 1 aliphatic heterocycles. The molecule has 5 heteroatoms. The van der Waals surface area contributed by atoms with Gasteiger partial charge in [-0.25, -0.2) is 0 Å². The highest BCUT2D eigenvalue weighted by atomic mass is 16.2. The highest BCUT2D eigenvalue weighted by Gasteiger charge is 2.57. The average Bonchev–Trinajstić information content (AvgIpc) is 3.06. The molecule has 1 heterocycles. The monoisotopic (exact) mass is 347 g/mol. The summed E-state index contributed by atoms with van der Waals surface area (Å²) in [5.41, 5.74) is 0. The summed E-state index contributed by atoms with van der Waals surface area (Å²) in [6.45, 7) is 6.03. The van der Waals surface area contributed by atoms with Gasteiger partial charge in [-0.2, -0.15) is 0 Å². The molecule has 4 rings (SSSR count). The first-order chi connectivity index (χ1) is 12.1. The van der Waals surface area contributed by atoms with Gasteiger partial charge in [0.1, 0.15) is 0 Å². The van der Waals surface area contributed by atoms with E-state index >= 15 is 0 Å². The van der Waals surface area contributed by atoms with E-state index in [1.807, 2.05) is 0 Å². The number of carbonyl (C=O) groups is 2. The third kappa shape index (κ3) is 3.86. The van der Waals surface area contributed by atoms with Gasteiger partial charge in [-0.15, -0.1) is 0 Å². The van der Waals surface area contributed by atoms with Crippen LogP contribution in [0.4, 0.5) is 0 Å². The SMILES string of the molecule is C[C@@H]1CCC[C@@H](NC(=O)CN2CCN(C(=O)C3[C@H]4CCC[C@H]34)CC2)C1. The molecule has 140 valence electrons. The van der Waals surface area contributed by atoms with Crippen LogP contribution in [-0.2, 0) is 9.59 Å². The van der Waals surface area contributed by atoms with Crippen LogP contribution in [-0.4, -0.2) is 60.4 Å². The number of hydrogen-bond donors (Lipinski definition) is 1. The summed E-state index contributed by atoms with van der Waals surface area (Å²) in [4.78, 5) is 29.2. The maximum atomic E-state index is 12.6. The summed E-state index contributed by atoms with van der Waals surface area (Å²) in [6, 6.07) is 0.369. The number of rotatable bonds is 4. The number of amides is 2. The topological polar surface area (TPSA) is 52.7 Å². The van der Waals surface area contributed by atoms with Crippen LogP contribution in [0.25, 0.3) is 0 Å².